The molecule has 1 aromatic heterocycles. The summed E-state index contributed by atoms with van der Waals surface area (Å²) in [5, 5.41) is 10.2. The second kappa shape index (κ2) is 7.23. The van der Waals surface area contributed by atoms with Gasteiger partial charge in [0.1, 0.15) is 0 Å². The highest BCUT2D eigenvalue weighted by Crippen LogP contribution is 2.40. The van der Waals surface area contributed by atoms with Crippen LogP contribution in [0.5, 0.6) is 0 Å². The molecule has 7 nitrogen and oxygen atoms in total. The maximum atomic E-state index is 12.6. The highest BCUT2D eigenvalue weighted by molar-refractivity contribution is 6.51. The molecule has 134 valence electrons. The molecule has 1 aromatic rings. The average molecular weight is 368 g/mol. The highest BCUT2D eigenvalue weighted by Gasteiger charge is 2.48. The molecule has 0 saturated heterocycles. The molecule has 0 radical (unpaired) electrons. The molecule has 1 unspecified atom stereocenters. The van der Waals surface area contributed by atoms with Crippen molar-refractivity contribution in [2.45, 2.75) is 39.2 Å². The molecule has 25 heavy (non-hydrogen) atoms. The first-order valence-electron chi connectivity index (χ1n) is 7.63. The molecule has 0 fully saturated rings. The monoisotopic (exact) mass is 367 g/mol. The molecule has 1 N–H and O–H groups in total. The minimum Gasteiger partial charge on any atom is -0.506 e. The molecule has 1 atom stereocenters. The molecule has 0 saturated carbocycles. The zero-order chi connectivity index (χ0) is 18.8. The first-order chi connectivity index (χ1) is 11.7. The van der Waals surface area contributed by atoms with Crippen molar-refractivity contribution in [3.05, 3.63) is 34.8 Å². The Morgan fingerprint density at radius 2 is 1.96 bits per heavy atom. The lowest BCUT2D eigenvalue weighted by molar-refractivity contribution is -0.150. The first kappa shape index (κ1) is 18.9. The number of rotatable bonds is 5. The van der Waals surface area contributed by atoms with Gasteiger partial charge in [-0.15, -0.1) is 0 Å². The number of fused-ring (bicyclic) bond motifs is 1. The lowest BCUT2D eigenvalue weighted by Crippen LogP contribution is -2.44. The van der Waals surface area contributed by atoms with E-state index in [4.69, 9.17) is 21.1 Å². The molecule has 0 aromatic carbocycles. The van der Waals surface area contributed by atoms with Gasteiger partial charge >= 0.3 is 11.9 Å². The second-order valence-electron chi connectivity index (χ2n) is 5.78. The maximum absolute atomic E-state index is 12.6. The van der Waals surface area contributed by atoms with Crippen LogP contribution in [0.25, 0.3) is 5.03 Å². The number of halogens is 1. The summed E-state index contributed by atoms with van der Waals surface area (Å²) in [4.78, 5) is 38.9. The number of esters is 2. The minimum atomic E-state index is -1.87. The number of aryl methyl sites for hydroxylation is 1. The van der Waals surface area contributed by atoms with E-state index >= 15 is 0 Å². The molecule has 1 aliphatic rings. The highest BCUT2D eigenvalue weighted by atomic mass is 35.5. The van der Waals surface area contributed by atoms with Gasteiger partial charge in [0.2, 0.25) is 11.4 Å². The number of carbonyl (C=O) groups excluding carboxylic acids is 3. The third kappa shape index (κ3) is 3.82. The van der Waals surface area contributed by atoms with E-state index < -0.39 is 23.1 Å². The van der Waals surface area contributed by atoms with Crippen LogP contribution in [0.15, 0.2) is 18.0 Å². The summed E-state index contributed by atoms with van der Waals surface area (Å²) in [6, 6.07) is 1.59. The first-order valence-corrected chi connectivity index (χ1v) is 8.01. The predicted molar refractivity (Wildman–Crippen MR) is 89.1 cm³/mol. The summed E-state index contributed by atoms with van der Waals surface area (Å²) in [5.74, 6) is -2.19. The third-order valence-electron chi connectivity index (χ3n) is 3.77. The number of pyridine rings is 1. The van der Waals surface area contributed by atoms with E-state index in [0.717, 1.165) is 6.92 Å². The van der Waals surface area contributed by atoms with Crippen LogP contribution in [-0.2, 0) is 25.5 Å². The second-order valence-corrected chi connectivity index (χ2v) is 6.16. The standard InChI is InChI=1S/C17H18ClNO6/c1-9(20)24-6-4-5-11-7-12-13(8-19-11)15(22)17(3,25-10(2)21)16(23)14(12)18/h7-8,23H,4-6H2,1-3H3. The van der Waals surface area contributed by atoms with E-state index in [1.54, 1.807) is 6.07 Å². The average Bonchev–Trinajstić information content (AvgIpc) is 2.54. The van der Waals surface area contributed by atoms with E-state index in [1.807, 2.05) is 0 Å². The molecular formula is C17H18ClNO6. The summed E-state index contributed by atoms with van der Waals surface area (Å²) >= 11 is 6.19. The van der Waals surface area contributed by atoms with Gasteiger partial charge in [-0.3, -0.25) is 19.4 Å². The SMILES string of the molecule is CC(=O)OCCCc1cc2c(cn1)C(=O)C(C)(OC(C)=O)C(O)=C2Cl. The van der Waals surface area contributed by atoms with Crippen LogP contribution in [0.1, 0.15) is 48.8 Å². The molecule has 0 aliphatic heterocycles. The van der Waals surface area contributed by atoms with Gasteiger partial charge in [0.15, 0.2) is 5.76 Å². The summed E-state index contributed by atoms with van der Waals surface area (Å²) < 4.78 is 9.86. The van der Waals surface area contributed by atoms with Gasteiger partial charge in [0.05, 0.1) is 11.6 Å². The molecule has 0 bridgehead atoms. The van der Waals surface area contributed by atoms with Crippen molar-refractivity contribution in [2.75, 3.05) is 6.61 Å². The number of aliphatic hydroxyl groups excluding tert-OH is 1. The quantitative estimate of drug-likeness (QED) is 0.630. The van der Waals surface area contributed by atoms with Crippen molar-refractivity contribution >= 4 is 34.4 Å². The minimum absolute atomic E-state index is 0.0676. The van der Waals surface area contributed by atoms with Gasteiger partial charge in [0, 0.05) is 36.9 Å². The fourth-order valence-corrected chi connectivity index (χ4v) is 2.89. The number of aromatic nitrogens is 1. The van der Waals surface area contributed by atoms with Crippen LogP contribution in [0.3, 0.4) is 0 Å². The van der Waals surface area contributed by atoms with Crippen LogP contribution in [-0.4, -0.2) is 40.0 Å². The molecule has 0 amide bonds. The Labute approximate surface area is 149 Å². The molecule has 8 heteroatoms. The van der Waals surface area contributed by atoms with Gasteiger partial charge < -0.3 is 14.6 Å². The predicted octanol–water partition coefficient (Wildman–Crippen LogP) is 2.56. The largest absolute Gasteiger partial charge is 0.506 e. The smallest absolute Gasteiger partial charge is 0.304 e. The number of nitrogens with zero attached hydrogens (tertiary/aromatic N) is 1. The van der Waals surface area contributed by atoms with Crippen molar-refractivity contribution in [3.8, 4) is 0 Å². The van der Waals surface area contributed by atoms with E-state index in [-0.39, 0.29) is 23.2 Å². The number of ketones is 1. The summed E-state index contributed by atoms with van der Waals surface area (Å²) in [6.07, 6.45) is 2.40. The lowest BCUT2D eigenvalue weighted by atomic mass is 9.84. The Hall–Kier alpha value is -2.41. The fraction of sp³-hybridized carbons (Fsp3) is 0.412. The normalized spacial score (nSPS) is 19.4. The molecule has 2 rings (SSSR count). The molecule has 0 spiro atoms. The van der Waals surface area contributed by atoms with Crippen molar-refractivity contribution < 1.29 is 29.0 Å². The fourth-order valence-electron chi connectivity index (χ4n) is 2.55. The number of Topliss-reactive ketones (excluding diaryl/α,β-unsaturated/α-hetero) is 1. The third-order valence-corrected chi connectivity index (χ3v) is 4.15. The Balaban J connectivity index is 2.29. The van der Waals surface area contributed by atoms with Crippen LogP contribution < -0.4 is 0 Å². The number of carbonyl (C=O) groups is 3. The van der Waals surface area contributed by atoms with Crippen molar-refractivity contribution in [2.24, 2.45) is 0 Å². The van der Waals surface area contributed by atoms with Crippen LogP contribution in [0.4, 0.5) is 0 Å². The van der Waals surface area contributed by atoms with Crippen LogP contribution in [0.2, 0.25) is 0 Å². The topological polar surface area (TPSA) is 103 Å². The van der Waals surface area contributed by atoms with Crippen LogP contribution >= 0.6 is 11.6 Å². The van der Waals surface area contributed by atoms with Crippen molar-refractivity contribution in [3.63, 3.8) is 0 Å². The van der Waals surface area contributed by atoms with Crippen LogP contribution in [0, 0.1) is 0 Å². The summed E-state index contributed by atoms with van der Waals surface area (Å²) in [5.41, 5.74) is -0.753. The Morgan fingerprint density at radius 3 is 2.56 bits per heavy atom. The van der Waals surface area contributed by atoms with E-state index in [1.165, 1.54) is 20.0 Å². The molecular weight excluding hydrogens is 350 g/mol. The van der Waals surface area contributed by atoms with Crippen molar-refractivity contribution in [1.29, 1.82) is 0 Å². The van der Waals surface area contributed by atoms with Gasteiger partial charge in [0.25, 0.3) is 0 Å². The Bertz CT molecular complexity index is 772. The zero-order valence-corrected chi connectivity index (χ0v) is 14.8. The van der Waals surface area contributed by atoms with Gasteiger partial charge in [-0.2, -0.15) is 0 Å². The zero-order valence-electron chi connectivity index (χ0n) is 14.1. The number of hydrogen-bond donors (Lipinski definition) is 1. The molecule has 1 heterocycles. The lowest BCUT2D eigenvalue weighted by Gasteiger charge is -2.32. The number of hydrogen-bond acceptors (Lipinski definition) is 7. The van der Waals surface area contributed by atoms with E-state index in [0.29, 0.717) is 24.1 Å². The Morgan fingerprint density at radius 1 is 1.28 bits per heavy atom. The number of ether oxygens (including phenoxy) is 2. The summed E-state index contributed by atoms with van der Waals surface area (Å²) in [6.45, 7) is 4.01. The van der Waals surface area contributed by atoms with Gasteiger partial charge in [-0.25, -0.2) is 0 Å². The van der Waals surface area contributed by atoms with E-state index in [2.05, 4.69) is 4.98 Å². The molecule has 1 aliphatic carbocycles. The van der Waals surface area contributed by atoms with Gasteiger partial charge in [-0.05, 0) is 25.8 Å². The number of aliphatic hydroxyl groups is 1. The van der Waals surface area contributed by atoms with Crippen molar-refractivity contribution in [1.82, 2.24) is 4.98 Å². The van der Waals surface area contributed by atoms with E-state index in [9.17, 15) is 19.5 Å². The summed E-state index contributed by atoms with van der Waals surface area (Å²) in [7, 11) is 0. The Kier molecular flexibility index (Phi) is 5.47. The maximum Gasteiger partial charge on any atom is 0.304 e. The van der Waals surface area contributed by atoms with Gasteiger partial charge in [-0.1, -0.05) is 11.6 Å².